The van der Waals surface area contributed by atoms with Crippen molar-refractivity contribution < 1.29 is 23.9 Å². The molecule has 0 fully saturated rings. The van der Waals surface area contributed by atoms with Crippen molar-refractivity contribution >= 4 is 43.0 Å². The number of carbonyl (C=O) groups is 1. The zero-order valence-corrected chi connectivity index (χ0v) is 18.0. The van der Waals surface area contributed by atoms with Gasteiger partial charge in [-0.3, -0.25) is 14.8 Å². The highest BCUT2D eigenvalue weighted by atomic mass is 35.5. The van der Waals surface area contributed by atoms with E-state index in [0.29, 0.717) is 28.1 Å². The van der Waals surface area contributed by atoms with Crippen LogP contribution < -0.4 is 10.6 Å². The average Bonchev–Trinajstić information content (AvgIpc) is 3.02. The zero-order chi connectivity index (χ0) is 21.2. The summed E-state index contributed by atoms with van der Waals surface area (Å²) in [6.45, 7) is 0.282. The highest BCUT2D eigenvalue weighted by Gasteiger charge is 2.33. The number of methoxy groups -OCH3 is 1. The fourth-order valence-electron chi connectivity index (χ4n) is 3.14. The molecule has 1 amide bonds. The van der Waals surface area contributed by atoms with Crippen molar-refractivity contribution in [2.75, 3.05) is 24.7 Å². The van der Waals surface area contributed by atoms with Crippen LogP contribution in [0, 0.1) is 5.41 Å². The fourth-order valence-corrected chi connectivity index (χ4v) is 3.69. The number of nitrogens with one attached hydrogen (secondary N) is 1. The Hall–Kier alpha value is -2.64. The number of benzene rings is 2. The maximum Gasteiger partial charge on any atom is 0.325 e. The summed E-state index contributed by atoms with van der Waals surface area (Å²) in [4.78, 5) is 32.7. The van der Waals surface area contributed by atoms with Gasteiger partial charge in [-0.05, 0) is 41.8 Å². The summed E-state index contributed by atoms with van der Waals surface area (Å²) in [7, 11) is -2.54. The van der Waals surface area contributed by atoms with Crippen LogP contribution in [0.4, 0.5) is 5.69 Å². The molecule has 3 rings (SSSR count). The molecule has 0 atom stereocenters. The summed E-state index contributed by atoms with van der Waals surface area (Å²) in [6.07, 6.45) is 0.0324. The molecule has 1 aliphatic heterocycles. The molecule has 0 saturated heterocycles. The molecule has 2 aromatic rings. The van der Waals surface area contributed by atoms with Crippen LogP contribution in [0.5, 0.6) is 0 Å². The van der Waals surface area contributed by atoms with Gasteiger partial charge in [-0.1, -0.05) is 24.3 Å². The Labute approximate surface area is 180 Å². The lowest BCUT2D eigenvalue weighted by atomic mass is 10.0. The molecule has 10 heteroatoms. The Morgan fingerprint density at radius 1 is 1.17 bits per heavy atom. The van der Waals surface area contributed by atoms with Gasteiger partial charge < -0.3 is 25.2 Å². The quantitative estimate of drug-likeness (QED) is 0.290. The molecule has 160 valence electrons. The number of aryl methyl sites for hydroxylation is 1. The van der Waals surface area contributed by atoms with Gasteiger partial charge in [0.25, 0.3) is 5.91 Å². The Bertz CT molecular complexity index is 1020. The van der Waals surface area contributed by atoms with Crippen molar-refractivity contribution in [3.8, 4) is 0 Å². The minimum atomic E-state index is -4.05. The second-order valence-electron chi connectivity index (χ2n) is 6.69. The largest absolute Gasteiger partial charge is 0.498 e. The molecule has 0 unspecified atom stereocenters. The van der Waals surface area contributed by atoms with Gasteiger partial charge in [0.15, 0.2) is 0 Å². The first-order chi connectivity index (χ1) is 13.7. The SMILES string of the molecule is COC1=C(c2ccc(CCP(=O)(O)O)cc2)C(=O)N(c2ccc(C(=N)N)cc2)C1.Cl. The molecule has 0 spiro atoms. The van der Waals surface area contributed by atoms with Crippen molar-refractivity contribution in [1.29, 1.82) is 5.41 Å². The van der Waals surface area contributed by atoms with Crippen molar-refractivity contribution in [1.82, 2.24) is 0 Å². The van der Waals surface area contributed by atoms with Gasteiger partial charge in [0.1, 0.15) is 11.6 Å². The van der Waals surface area contributed by atoms with Crippen LogP contribution in [-0.2, 0) is 20.5 Å². The maximum atomic E-state index is 13.1. The molecule has 0 radical (unpaired) electrons. The van der Waals surface area contributed by atoms with Crippen LogP contribution in [0.2, 0.25) is 0 Å². The number of hydrogen-bond donors (Lipinski definition) is 4. The fraction of sp³-hybridized carbons (Fsp3) is 0.200. The molecule has 1 heterocycles. The Morgan fingerprint density at radius 3 is 2.27 bits per heavy atom. The number of nitrogens with zero attached hydrogens (tertiary/aromatic N) is 1. The van der Waals surface area contributed by atoms with E-state index in [9.17, 15) is 9.36 Å². The van der Waals surface area contributed by atoms with Crippen LogP contribution >= 0.6 is 20.0 Å². The molecule has 8 nitrogen and oxygen atoms in total. The van der Waals surface area contributed by atoms with Crippen LogP contribution in [0.15, 0.2) is 54.3 Å². The first kappa shape index (κ1) is 23.6. The lowest BCUT2D eigenvalue weighted by Gasteiger charge is -2.17. The minimum Gasteiger partial charge on any atom is -0.498 e. The smallest absolute Gasteiger partial charge is 0.325 e. The maximum absolute atomic E-state index is 13.1. The van der Waals surface area contributed by atoms with Crippen LogP contribution in [0.1, 0.15) is 16.7 Å². The molecule has 0 aliphatic carbocycles. The number of carbonyl (C=O) groups excluding carboxylic acids is 1. The number of nitrogen functional groups attached to an aromatic ring is 1. The lowest BCUT2D eigenvalue weighted by molar-refractivity contribution is -0.112. The van der Waals surface area contributed by atoms with Crippen molar-refractivity contribution in [2.24, 2.45) is 5.73 Å². The van der Waals surface area contributed by atoms with Gasteiger partial charge in [0.05, 0.1) is 25.4 Å². The second-order valence-corrected chi connectivity index (χ2v) is 8.47. The molecule has 1 aliphatic rings. The normalized spacial score (nSPS) is 14.0. The summed E-state index contributed by atoms with van der Waals surface area (Å²) in [5, 5.41) is 7.47. The standard InChI is InChI=1S/C20H22N3O5P.ClH/c1-28-17-12-23(16-8-6-15(7-9-16)19(21)22)20(24)18(17)14-4-2-13(3-5-14)10-11-29(25,26)27;/h2-9H,10-12H2,1H3,(H3,21,22)(H2,25,26,27);1H. The third kappa shape index (κ3) is 5.29. The number of rotatable bonds is 7. The number of anilines is 1. The number of halogens is 1. The van der Waals surface area contributed by atoms with E-state index in [1.165, 1.54) is 7.11 Å². The average molecular weight is 452 g/mol. The van der Waals surface area contributed by atoms with Crippen molar-refractivity contribution in [3.63, 3.8) is 0 Å². The predicted molar refractivity (Wildman–Crippen MR) is 118 cm³/mol. The van der Waals surface area contributed by atoms with Gasteiger partial charge in [0.2, 0.25) is 0 Å². The van der Waals surface area contributed by atoms with E-state index >= 15 is 0 Å². The first-order valence-electron chi connectivity index (χ1n) is 8.87. The van der Waals surface area contributed by atoms with Gasteiger partial charge >= 0.3 is 7.60 Å². The molecule has 5 N–H and O–H groups in total. The predicted octanol–water partition coefficient (Wildman–Crippen LogP) is 2.52. The van der Waals surface area contributed by atoms with E-state index in [0.717, 1.165) is 5.56 Å². The van der Waals surface area contributed by atoms with E-state index in [1.54, 1.807) is 53.4 Å². The number of hydrogen-bond acceptors (Lipinski definition) is 4. The Morgan fingerprint density at radius 2 is 1.77 bits per heavy atom. The summed E-state index contributed by atoms with van der Waals surface area (Å²) in [6, 6.07) is 13.8. The van der Waals surface area contributed by atoms with Gasteiger partial charge in [0, 0.05) is 11.3 Å². The third-order valence-electron chi connectivity index (χ3n) is 4.71. The summed E-state index contributed by atoms with van der Waals surface area (Å²) >= 11 is 0. The van der Waals surface area contributed by atoms with E-state index in [1.807, 2.05) is 0 Å². The number of nitrogens with two attached hydrogens (primary N) is 1. The molecule has 0 saturated carbocycles. The molecular formula is C20H23ClN3O5P. The number of amidine groups is 1. The van der Waals surface area contributed by atoms with Crippen LogP contribution in [0.25, 0.3) is 5.57 Å². The van der Waals surface area contributed by atoms with Gasteiger partial charge in [-0.2, -0.15) is 0 Å². The lowest BCUT2D eigenvalue weighted by Crippen LogP contribution is -2.26. The van der Waals surface area contributed by atoms with E-state index in [2.05, 4.69) is 0 Å². The zero-order valence-electron chi connectivity index (χ0n) is 16.2. The highest BCUT2D eigenvalue weighted by molar-refractivity contribution is 7.51. The summed E-state index contributed by atoms with van der Waals surface area (Å²) in [5.41, 5.74) is 8.62. The van der Waals surface area contributed by atoms with Crippen LogP contribution in [0.3, 0.4) is 0 Å². The van der Waals surface area contributed by atoms with E-state index in [-0.39, 0.29) is 43.3 Å². The number of ether oxygens (including phenoxy) is 1. The van der Waals surface area contributed by atoms with Crippen LogP contribution in [-0.4, -0.2) is 41.3 Å². The number of amides is 1. The third-order valence-corrected chi connectivity index (χ3v) is 5.52. The second kappa shape index (κ2) is 9.45. The molecule has 2 aromatic carbocycles. The summed E-state index contributed by atoms with van der Waals surface area (Å²) in [5.74, 6) is 0.286. The molecule has 0 aromatic heterocycles. The van der Waals surface area contributed by atoms with Gasteiger partial charge in [-0.25, -0.2) is 0 Å². The van der Waals surface area contributed by atoms with E-state index in [4.69, 9.17) is 25.7 Å². The van der Waals surface area contributed by atoms with Gasteiger partial charge in [-0.15, -0.1) is 12.4 Å². The monoisotopic (exact) mass is 451 g/mol. The first-order valence-corrected chi connectivity index (χ1v) is 10.7. The topological polar surface area (TPSA) is 137 Å². The molecule has 30 heavy (non-hydrogen) atoms. The Balaban J connectivity index is 0.00000320. The molecular weight excluding hydrogens is 429 g/mol. The minimum absolute atomic E-state index is 0. The van der Waals surface area contributed by atoms with Crippen molar-refractivity contribution in [2.45, 2.75) is 6.42 Å². The molecule has 0 bridgehead atoms. The highest BCUT2D eigenvalue weighted by Crippen LogP contribution is 2.35. The van der Waals surface area contributed by atoms with Crippen molar-refractivity contribution in [3.05, 3.63) is 71.0 Å². The Kier molecular flexibility index (Phi) is 7.44. The van der Waals surface area contributed by atoms with E-state index < -0.39 is 7.60 Å². The summed E-state index contributed by atoms with van der Waals surface area (Å²) < 4.78 is 16.5.